The molecule has 1 aliphatic heterocycles. The van der Waals surface area contributed by atoms with Gasteiger partial charge in [-0.25, -0.2) is 0 Å². The molecule has 0 atom stereocenters. The number of rotatable bonds is 1. The van der Waals surface area contributed by atoms with Gasteiger partial charge in [0.15, 0.2) is 5.76 Å². The average Bonchev–Trinajstić information content (AvgIpc) is 2.49. The highest BCUT2D eigenvalue weighted by atomic mass is 16.5. The number of aryl methyl sites for hydroxylation is 1. The Balaban J connectivity index is 2.43. The van der Waals surface area contributed by atoms with Crippen LogP contribution in [0.3, 0.4) is 0 Å². The molecule has 0 aromatic carbocycles. The van der Waals surface area contributed by atoms with Crippen LogP contribution in [0.5, 0.6) is 0 Å². The lowest BCUT2D eigenvalue weighted by molar-refractivity contribution is 0.372. The third-order valence-corrected chi connectivity index (χ3v) is 2.28. The van der Waals surface area contributed by atoms with Gasteiger partial charge in [-0.1, -0.05) is 5.16 Å². The molecule has 2 heterocycles. The smallest absolute Gasteiger partial charge is 0.160 e. The Labute approximate surface area is 71.3 Å². The first-order chi connectivity index (χ1) is 5.83. The first kappa shape index (κ1) is 7.61. The molecular weight excluding hydrogens is 154 g/mol. The van der Waals surface area contributed by atoms with E-state index in [2.05, 4.69) is 10.1 Å². The van der Waals surface area contributed by atoms with Crippen LogP contribution in [0.25, 0.3) is 0 Å². The van der Waals surface area contributed by atoms with Crippen LogP contribution >= 0.6 is 0 Å². The van der Waals surface area contributed by atoms with E-state index in [1.54, 1.807) is 0 Å². The fourth-order valence-electron chi connectivity index (χ4n) is 1.68. The highest BCUT2D eigenvalue weighted by Crippen LogP contribution is 2.28. The summed E-state index contributed by atoms with van der Waals surface area (Å²) in [5.74, 6) is 0.990. The first-order valence-electron chi connectivity index (χ1n) is 4.21. The van der Waals surface area contributed by atoms with Gasteiger partial charge in [0.1, 0.15) is 11.4 Å². The molecule has 0 unspecified atom stereocenters. The van der Waals surface area contributed by atoms with E-state index < -0.39 is 0 Å². The zero-order valence-corrected chi connectivity index (χ0v) is 7.21. The third-order valence-electron chi connectivity index (χ3n) is 2.28. The molecule has 66 valence electrons. The van der Waals surface area contributed by atoms with Gasteiger partial charge >= 0.3 is 0 Å². The van der Waals surface area contributed by atoms with Gasteiger partial charge in [-0.15, -0.1) is 0 Å². The summed E-state index contributed by atoms with van der Waals surface area (Å²) in [6.07, 6.45) is 2.13. The van der Waals surface area contributed by atoms with Gasteiger partial charge in [0.25, 0.3) is 0 Å². The molecule has 0 saturated carbocycles. The van der Waals surface area contributed by atoms with Crippen molar-refractivity contribution < 1.29 is 4.52 Å². The van der Waals surface area contributed by atoms with Crippen LogP contribution < -0.4 is 10.6 Å². The lowest BCUT2D eigenvalue weighted by Crippen LogP contribution is -2.25. The van der Waals surface area contributed by atoms with Crippen LogP contribution in [-0.2, 0) is 13.0 Å². The van der Waals surface area contributed by atoms with Crippen molar-refractivity contribution in [2.24, 2.45) is 5.73 Å². The summed E-state index contributed by atoms with van der Waals surface area (Å²) >= 11 is 0. The number of aromatic nitrogens is 1. The summed E-state index contributed by atoms with van der Waals surface area (Å²) in [5, 5.41) is 3.93. The zero-order valence-electron chi connectivity index (χ0n) is 7.21. The summed E-state index contributed by atoms with van der Waals surface area (Å²) in [5.41, 5.74) is 7.53. The predicted octanol–water partition coefficient (Wildman–Crippen LogP) is 0.516. The summed E-state index contributed by atoms with van der Waals surface area (Å²) in [6, 6.07) is 0. The summed E-state index contributed by atoms with van der Waals surface area (Å²) in [6.45, 7) is 1.53. The van der Waals surface area contributed by atoms with Gasteiger partial charge in [-0.05, 0) is 6.42 Å². The van der Waals surface area contributed by atoms with Crippen LogP contribution in [0.4, 0.5) is 5.69 Å². The van der Waals surface area contributed by atoms with Crippen molar-refractivity contribution in [2.45, 2.75) is 19.4 Å². The molecule has 0 bridgehead atoms. The largest absolute Gasteiger partial charge is 0.370 e. The number of fused-ring (bicyclic) bond motifs is 1. The number of anilines is 1. The third kappa shape index (κ3) is 0.992. The number of nitrogens with zero attached hydrogens (tertiary/aromatic N) is 2. The highest BCUT2D eigenvalue weighted by molar-refractivity contribution is 5.54. The van der Waals surface area contributed by atoms with Crippen molar-refractivity contribution in [2.75, 3.05) is 18.5 Å². The topological polar surface area (TPSA) is 55.3 Å². The SMILES string of the molecule is CN1CCCc2onc(CN)c21. The molecule has 0 fully saturated rings. The summed E-state index contributed by atoms with van der Waals surface area (Å²) < 4.78 is 5.18. The second kappa shape index (κ2) is 2.79. The van der Waals surface area contributed by atoms with Crippen molar-refractivity contribution in [3.63, 3.8) is 0 Å². The molecule has 0 spiro atoms. The lowest BCUT2D eigenvalue weighted by atomic mass is 10.1. The van der Waals surface area contributed by atoms with E-state index in [-0.39, 0.29) is 0 Å². The number of nitrogens with two attached hydrogens (primary N) is 1. The van der Waals surface area contributed by atoms with Crippen LogP contribution in [-0.4, -0.2) is 18.7 Å². The molecule has 12 heavy (non-hydrogen) atoms. The van der Waals surface area contributed by atoms with Gasteiger partial charge in [-0.3, -0.25) is 0 Å². The van der Waals surface area contributed by atoms with Gasteiger partial charge < -0.3 is 15.2 Å². The van der Waals surface area contributed by atoms with Gasteiger partial charge in [0.2, 0.25) is 0 Å². The van der Waals surface area contributed by atoms with Crippen LogP contribution in [0.2, 0.25) is 0 Å². The van der Waals surface area contributed by atoms with E-state index in [4.69, 9.17) is 10.3 Å². The van der Waals surface area contributed by atoms with Crippen LogP contribution in [0, 0.1) is 0 Å². The second-order valence-electron chi connectivity index (χ2n) is 3.13. The van der Waals surface area contributed by atoms with E-state index in [1.807, 2.05) is 7.05 Å². The summed E-state index contributed by atoms with van der Waals surface area (Å²) in [7, 11) is 2.05. The molecule has 1 aliphatic rings. The van der Waals surface area contributed by atoms with E-state index in [0.717, 1.165) is 36.5 Å². The van der Waals surface area contributed by atoms with Gasteiger partial charge in [-0.2, -0.15) is 0 Å². The lowest BCUT2D eigenvalue weighted by Gasteiger charge is -2.23. The van der Waals surface area contributed by atoms with Crippen LogP contribution in [0.1, 0.15) is 17.9 Å². The molecule has 4 nitrogen and oxygen atoms in total. The Morgan fingerprint density at radius 2 is 2.50 bits per heavy atom. The maximum absolute atomic E-state index is 5.53. The fraction of sp³-hybridized carbons (Fsp3) is 0.625. The Morgan fingerprint density at radius 1 is 1.67 bits per heavy atom. The van der Waals surface area contributed by atoms with Crippen molar-refractivity contribution in [1.29, 1.82) is 0 Å². The Bertz CT molecular complexity index is 268. The van der Waals surface area contributed by atoms with Crippen molar-refractivity contribution >= 4 is 5.69 Å². The molecule has 0 radical (unpaired) electrons. The van der Waals surface area contributed by atoms with Crippen molar-refractivity contribution in [3.8, 4) is 0 Å². The molecule has 4 heteroatoms. The van der Waals surface area contributed by atoms with Gasteiger partial charge in [0.05, 0.1) is 0 Å². The standard InChI is InChI=1S/C8H13N3O/c1-11-4-2-3-7-8(11)6(5-9)10-12-7/h2-5,9H2,1H3. The average molecular weight is 167 g/mol. The molecule has 1 aromatic rings. The first-order valence-corrected chi connectivity index (χ1v) is 4.21. The minimum atomic E-state index is 0.461. The van der Waals surface area contributed by atoms with E-state index in [9.17, 15) is 0 Å². The maximum atomic E-state index is 5.53. The molecule has 1 aromatic heterocycles. The normalized spacial score (nSPS) is 16.3. The molecule has 2 N–H and O–H groups in total. The number of hydrogen-bond donors (Lipinski definition) is 1. The second-order valence-corrected chi connectivity index (χ2v) is 3.13. The Kier molecular flexibility index (Phi) is 1.77. The van der Waals surface area contributed by atoms with Crippen molar-refractivity contribution in [1.82, 2.24) is 5.16 Å². The van der Waals surface area contributed by atoms with E-state index in [1.165, 1.54) is 0 Å². The quantitative estimate of drug-likeness (QED) is 0.662. The minimum Gasteiger partial charge on any atom is -0.370 e. The molecule has 0 saturated heterocycles. The fourth-order valence-corrected chi connectivity index (χ4v) is 1.68. The van der Waals surface area contributed by atoms with Crippen LogP contribution in [0.15, 0.2) is 4.52 Å². The van der Waals surface area contributed by atoms with Crippen molar-refractivity contribution in [3.05, 3.63) is 11.5 Å². The highest BCUT2D eigenvalue weighted by Gasteiger charge is 2.21. The van der Waals surface area contributed by atoms with E-state index in [0.29, 0.717) is 6.54 Å². The molecule has 0 amide bonds. The minimum absolute atomic E-state index is 0.461. The Morgan fingerprint density at radius 3 is 3.25 bits per heavy atom. The molecule has 2 rings (SSSR count). The predicted molar refractivity (Wildman–Crippen MR) is 46.0 cm³/mol. The summed E-state index contributed by atoms with van der Waals surface area (Å²) in [4.78, 5) is 2.16. The monoisotopic (exact) mass is 167 g/mol. The van der Waals surface area contributed by atoms with Gasteiger partial charge in [0, 0.05) is 26.6 Å². The maximum Gasteiger partial charge on any atom is 0.160 e. The molecule has 0 aliphatic carbocycles. The number of hydrogen-bond acceptors (Lipinski definition) is 4. The Hall–Kier alpha value is -1.03. The van der Waals surface area contributed by atoms with E-state index >= 15 is 0 Å². The zero-order chi connectivity index (χ0) is 8.55. The molecular formula is C8H13N3O.